The van der Waals surface area contributed by atoms with Crippen LogP contribution in [0.15, 0.2) is 24.3 Å². The van der Waals surface area contributed by atoms with Crippen molar-refractivity contribution in [2.24, 2.45) is 5.92 Å². The van der Waals surface area contributed by atoms with Crippen molar-refractivity contribution in [3.05, 3.63) is 34.9 Å². The van der Waals surface area contributed by atoms with Crippen molar-refractivity contribution in [1.29, 1.82) is 0 Å². The first-order chi connectivity index (χ1) is 14.3. The van der Waals surface area contributed by atoms with Crippen molar-refractivity contribution in [2.75, 3.05) is 26.2 Å². The summed E-state index contributed by atoms with van der Waals surface area (Å²) in [6.07, 6.45) is -4.41. The van der Waals surface area contributed by atoms with E-state index < -0.39 is 24.8 Å². The minimum absolute atomic E-state index is 0.0647. The number of nitrogens with one attached hydrogen (secondary N) is 2. The minimum Gasteiger partial charge on any atom is -0.353 e. The van der Waals surface area contributed by atoms with E-state index >= 15 is 0 Å². The number of halogens is 4. The van der Waals surface area contributed by atoms with Crippen molar-refractivity contribution in [1.82, 2.24) is 20.4 Å². The molecule has 3 amide bonds. The van der Waals surface area contributed by atoms with Crippen LogP contribution < -0.4 is 10.6 Å². The molecule has 0 aliphatic carbocycles. The van der Waals surface area contributed by atoms with E-state index in [0.29, 0.717) is 31.0 Å². The van der Waals surface area contributed by atoms with Gasteiger partial charge in [-0.25, -0.2) is 18.0 Å². The van der Waals surface area contributed by atoms with Gasteiger partial charge in [0, 0.05) is 31.2 Å². The lowest BCUT2D eigenvalue weighted by Crippen LogP contribution is -2.59. The summed E-state index contributed by atoms with van der Waals surface area (Å²) in [7, 11) is 0. The molecule has 2 aliphatic heterocycles. The number of hydrogen-bond acceptors (Lipinski definition) is 3. The van der Waals surface area contributed by atoms with E-state index in [0.717, 1.165) is 10.5 Å². The maximum absolute atomic E-state index is 13.7. The Kier molecular flexibility index (Phi) is 7.46. The Morgan fingerprint density at radius 3 is 2.40 bits per heavy atom. The minimum atomic E-state index is -3.04. The molecule has 30 heavy (non-hydrogen) atoms. The van der Waals surface area contributed by atoms with Gasteiger partial charge in [-0.1, -0.05) is 23.7 Å². The number of amides is 3. The van der Waals surface area contributed by atoms with Gasteiger partial charge in [-0.05, 0) is 43.4 Å². The van der Waals surface area contributed by atoms with Crippen molar-refractivity contribution in [2.45, 2.75) is 44.6 Å². The number of piperazine rings is 1. The molecule has 3 rings (SSSR count). The van der Waals surface area contributed by atoms with Crippen LogP contribution in [0.25, 0.3) is 0 Å². The van der Waals surface area contributed by atoms with E-state index in [9.17, 15) is 22.8 Å². The number of alkyl halides is 3. The zero-order chi connectivity index (χ0) is 21.8. The van der Waals surface area contributed by atoms with Crippen molar-refractivity contribution in [3.63, 3.8) is 0 Å². The molecular weight excluding hydrogens is 421 g/mol. The highest BCUT2D eigenvalue weighted by Crippen LogP contribution is 2.33. The normalized spacial score (nSPS) is 23.2. The van der Waals surface area contributed by atoms with Gasteiger partial charge < -0.3 is 15.5 Å². The zero-order valence-electron chi connectivity index (χ0n) is 16.7. The average molecular weight is 447 g/mol. The molecule has 0 saturated carbocycles. The highest BCUT2D eigenvalue weighted by Gasteiger charge is 2.36. The van der Waals surface area contributed by atoms with Crippen LogP contribution in [-0.4, -0.2) is 66.7 Å². The molecule has 0 spiro atoms. The number of benzene rings is 1. The van der Waals surface area contributed by atoms with Crippen molar-refractivity contribution in [3.8, 4) is 0 Å². The highest BCUT2D eigenvalue weighted by molar-refractivity contribution is 6.30. The summed E-state index contributed by atoms with van der Waals surface area (Å²) in [6.45, 7) is 2.79. The van der Waals surface area contributed by atoms with E-state index in [1.807, 2.05) is 12.1 Å². The first-order valence-corrected chi connectivity index (χ1v) is 10.4. The Morgan fingerprint density at radius 2 is 1.80 bits per heavy atom. The largest absolute Gasteiger partial charge is 0.353 e. The van der Waals surface area contributed by atoms with Crippen LogP contribution in [0.1, 0.15) is 31.4 Å². The summed E-state index contributed by atoms with van der Waals surface area (Å²) in [5.41, 5.74) is 0.825. The van der Waals surface area contributed by atoms with Crippen LogP contribution >= 0.6 is 11.6 Å². The summed E-state index contributed by atoms with van der Waals surface area (Å²) in [5, 5.41) is 6.28. The molecular formula is C20H26ClF3N4O2. The second-order valence-electron chi connectivity index (χ2n) is 7.72. The van der Waals surface area contributed by atoms with Crippen LogP contribution in [0.3, 0.4) is 0 Å². The molecule has 2 N–H and O–H groups in total. The van der Waals surface area contributed by atoms with Gasteiger partial charge in [0.2, 0.25) is 12.2 Å². The Bertz CT molecular complexity index is 744. The smallest absolute Gasteiger partial charge is 0.318 e. The van der Waals surface area contributed by atoms with Gasteiger partial charge in [-0.15, -0.1) is 0 Å². The molecule has 1 unspecified atom stereocenters. The molecule has 6 nitrogen and oxygen atoms in total. The predicted octanol–water partition coefficient (Wildman–Crippen LogP) is 3.18. The standard InChI is InChI=1S/C20H26ClF3N4O2/c1-12-19(29)25-8-11-28(12)20(30)26-16(13-2-4-15(21)5-3-13)14-6-9-27(10-7-14)18(24)17(22)23/h2-5,12,14,16-18H,6-11H2,1H3,(H,25,29)(H,26,30)/t12-,16-,18?/m1/s1. The number of nitrogens with zero attached hydrogens (tertiary/aromatic N) is 2. The number of rotatable bonds is 5. The predicted molar refractivity (Wildman–Crippen MR) is 107 cm³/mol. The third-order valence-corrected chi connectivity index (χ3v) is 6.12. The fourth-order valence-corrected chi connectivity index (χ4v) is 4.20. The van der Waals surface area contributed by atoms with E-state index in [-0.39, 0.29) is 30.9 Å². The van der Waals surface area contributed by atoms with Crippen molar-refractivity contribution >= 4 is 23.5 Å². The van der Waals surface area contributed by atoms with Crippen LogP contribution in [-0.2, 0) is 4.79 Å². The summed E-state index contributed by atoms with van der Waals surface area (Å²) < 4.78 is 39.1. The molecule has 0 aromatic heterocycles. The summed E-state index contributed by atoms with van der Waals surface area (Å²) in [4.78, 5) is 27.5. The second kappa shape index (κ2) is 9.87. The zero-order valence-corrected chi connectivity index (χ0v) is 17.4. The fraction of sp³-hybridized carbons (Fsp3) is 0.600. The number of carbonyl (C=O) groups is 2. The van der Waals surface area contributed by atoms with E-state index in [1.54, 1.807) is 19.1 Å². The lowest BCUT2D eigenvalue weighted by molar-refractivity contribution is -0.127. The maximum Gasteiger partial charge on any atom is 0.318 e. The summed E-state index contributed by atoms with van der Waals surface area (Å²) in [5.74, 6) is -0.279. The molecule has 1 aromatic rings. The van der Waals surface area contributed by atoms with Gasteiger partial charge in [0.05, 0.1) is 6.04 Å². The first kappa shape index (κ1) is 22.7. The van der Waals surface area contributed by atoms with Crippen LogP contribution in [0.2, 0.25) is 5.02 Å². The van der Waals surface area contributed by atoms with E-state index in [4.69, 9.17) is 11.6 Å². The maximum atomic E-state index is 13.7. The molecule has 1 aromatic carbocycles. The van der Waals surface area contributed by atoms with Crippen molar-refractivity contribution < 1.29 is 22.8 Å². The Labute approximate surface area is 178 Å². The van der Waals surface area contributed by atoms with Crippen LogP contribution in [0.4, 0.5) is 18.0 Å². The SMILES string of the molecule is C[C@@H]1C(=O)NCCN1C(=O)N[C@H](c1ccc(Cl)cc1)C1CCN(C(F)C(F)F)CC1. The Morgan fingerprint density at radius 1 is 1.17 bits per heavy atom. The number of likely N-dealkylation sites (tertiary alicyclic amines) is 1. The molecule has 2 fully saturated rings. The Balaban J connectivity index is 1.74. The quantitative estimate of drug-likeness (QED) is 0.683. The third-order valence-electron chi connectivity index (χ3n) is 5.87. The molecule has 166 valence electrons. The second-order valence-corrected chi connectivity index (χ2v) is 8.16. The molecule has 2 saturated heterocycles. The molecule has 2 aliphatic rings. The molecule has 3 atom stereocenters. The van der Waals surface area contributed by atoms with Crippen LogP contribution in [0.5, 0.6) is 0 Å². The lowest BCUT2D eigenvalue weighted by atomic mass is 9.85. The summed E-state index contributed by atoms with van der Waals surface area (Å²) >= 11 is 5.99. The lowest BCUT2D eigenvalue weighted by Gasteiger charge is -2.39. The number of urea groups is 1. The highest BCUT2D eigenvalue weighted by atomic mass is 35.5. The average Bonchev–Trinajstić information content (AvgIpc) is 2.74. The molecule has 0 bridgehead atoms. The number of piperidine rings is 1. The van der Waals surface area contributed by atoms with E-state index in [2.05, 4.69) is 10.6 Å². The third kappa shape index (κ3) is 5.18. The fourth-order valence-electron chi connectivity index (χ4n) is 4.08. The Hall–Kier alpha value is -2.00. The van der Waals surface area contributed by atoms with Gasteiger partial charge in [0.25, 0.3) is 6.43 Å². The topological polar surface area (TPSA) is 64.7 Å². The molecule has 0 radical (unpaired) electrons. The molecule has 2 heterocycles. The van der Waals surface area contributed by atoms with Gasteiger partial charge in [-0.3, -0.25) is 9.69 Å². The summed E-state index contributed by atoms with van der Waals surface area (Å²) in [6, 6.07) is 5.69. The monoisotopic (exact) mass is 446 g/mol. The number of hydrogen-bond donors (Lipinski definition) is 2. The van der Waals surface area contributed by atoms with E-state index in [1.165, 1.54) is 4.90 Å². The van der Waals surface area contributed by atoms with Gasteiger partial charge >= 0.3 is 6.03 Å². The van der Waals surface area contributed by atoms with Crippen LogP contribution in [0, 0.1) is 5.92 Å². The van der Waals surface area contributed by atoms with Gasteiger partial charge in [-0.2, -0.15) is 0 Å². The van der Waals surface area contributed by atoms with Gasteiger partial charge in [0.15, 0.2) is 0 Å². The van der Waals surface area contributed by atoms with Gasteiger partial charge in [0.1, 0.15) is 6.04 Å². The molecule has 10 heteroatoms. The number of carbonyl (C=O) groups excluding carboxylic acids is 2. The first-order valence-electron chi connectivity index (χ1n) is 10.0.